The lowest BCUT2D eigenvalue weighted by atomic mass is 9.50. The first kappa shape index (κ1) is 30.8. The van der Waals surface area contributed by atoms with Crippen LogP contribution < -0.4 is 9.64 Å². The fraction of sp³-hybridized carbons (Fsp3) is 0.324. The van der Waals surface area contributed by atoms with Crippen LogP contribution >= 0.6 is 0 Å². The minimum absolute atomic E-state index is 0.285. The molecule has 0 amide bonds. The maximum Gasteiger partial charge on any atom is 0.317 e. The molecule has 2 unspecified atom stereocenters. The van der Waals surface area contributed by atoms with Crippen molar-refractivity contribution in [2.24, 2.45) is 11.3 Å². The van der Waals surface area contributed by atoms with Crippen LogP contribution in [0.15, 0.2) is 78.9 Å². The van der Waals surface area contributed by atoms with E-state index in [1.807, 2.05) is 36.4 Å². The largest absolute Gasteiger partial charge is 0.420 e. The van der Waals surface area contributed by atoms with Crippen LogP contribution in [0.3, 0.4) is 0 Å². The summed E-state index contributed by atoms with van der Waals surface area (Å²) < 4.78 is 75.5. The fourth-order valence-electron chi connectivity index (χ4n) is 7.62. The van der Waals surface area contributed by atoms with Crippen molar-refractivity contribution in [1.29, 1.82) is 0 Å². The smallest absolute Gasteiger partial charge is 0.317 e. The molecule has 0 aromatic heterocycles. The summed E-state index contributed by atoms with van der Waals surface area (Å²) in [5, 5.41) is 0. The molecule has 1 saturated carbocycles. The van der Waals surface area contributed by atoms with E-state index in [0.29, 0.717) is 38.8 Å². The summed E-state index contributed by atoms with van der Waals surface area (Å²) in [6.07, 6.45) is 3.06. The fourth-order valence-corrected chi connectivity index (χ4v) is 7.62. The molecule has 0 spiro atoms. The molecule has 0 heterocycles. The van der Waals surface area contributed by atoms with Crippen molar-refractivity contribution >= 4 is 11.7 Å². The molecule has 2 aliphatic rings. The van der Waals surface area contributed by atoms with Gasteiger partial charge in [0.25, 0.3) is 0 Å². The molecular weight excluding hydrogens is 585 g/mol. The first-order valence-electron chi connectivity index (χ1n) is 15.2. The lowest BCUT2D eigenvalue weighted by molar-refractivity contribution is -0.154. The highest BCUT2D eigenvalue weighted by molar-refractivity contribution is 5.80. The van der Waals surface area contributed by atoms with Crippen molar-refractivity contribution in [3.8, 4) is 5.75 Å². The van der Waals surface area contributed by atoms with Gasteiger partial charge in [-0.15, -0.1) is 0 Å². The SMILES string of the molecule is CC12CCC[C@](C)(C(=O)Oc3c(F)c(F)c(F)c(F)c3F)C1CCc1ccc(N(Cc3ccccc3)Cc3ccccc3)cc12. The van der Waals surface area contributed by atoms with Gasteiger partial charge in [0.05, 0.1) is 5.41 Å². The van der Waals surface area contributed by atoms with E-state index in [4.69, 9.17) is 4.74 Å². The van der Waals surface area contributed by atoms with Crippen LogP contribution in [0.25, 0.3) is 0 Å². The Hall–Kier alpha value is -4.20. The summed E-state index contributed by atoms with van der Waals surface area (Å²) in [5.74, 6) is -13.7. The van der Waals surface area contributed by atoms with Crippen molar-refractivity contribution < 1.29 is 31.5 Å². The predicted molar refractivity (Wildman–Crippen MR) is 162 cm³/mol. The molecule has 45 heavy (non-hydrogen) atoms. The van der Waals surface area contributed by atoms with E-state index in [1.165, 1.54) is 5.56 Å². The second-order valence-electron chi connectivity index (χ2n) is 12.7. The molecule has 6 rings (SSSR count). The molecule has 2 aliphatic carbocycles. The highest BCUT2D eigenvalue weighted by Crippen LogP contribution is 2.58. The second kappa shape index (κ2) is 12.0. The van der Waals surface area contributed by atoms with E-state index in [1.54, 1.807) is 6.92 Å². The number of esters is 1. The normalized spacial score (nSPS) is 22.3. The summed E-state index contributed by atoms with van der Waals surface area (Å²) in [5.41, 5.74) is 3.94. The molecule has 0 radical (unpaired) electrons. The van der Waals surface area contributed by atoms with Crippen molar-refractivity contribution in [2.75, 3.05) is 4.90 Å². The van der Waals surface area contributed by atoms with Gasteiger partial charge in [-0.25, -0.2) is 13.2 Å². The van der Waals surface area contributed by atoms with Crippen LogP contribution in [0.1, 0.15) is 61.8 Å². The molecule has 3 atom stereocenters. The van der Waals surface area contributed by atoms with E-state index in [-0.39, 0.29) is 5.92 Å². The van der Waals surface area contributed by atoms with Gasteiger partial charge >= 0.3 is 5.97 Å². The third kappa shape index (κ3) is 5.49. The van der Waals surface area contributed by atoms with Gasteiger partial charge in [0.1, 0.15) is 0 Å². The predicted octanol–water partition coefficient (Wildman–Crippen LogP) is 9.20. The number of fused-ring (bicyclic) bond motifs is 3. The lowest BCUT2D eigenvalue weighted by Crippen LogP contribution is -2.53. The highest BCUT2D eigenvalue weighted by atomic mass is 19.2. The number of anilines is 1. The van der Waals surface area contributed by atoms with E-state index in [0.717, 1.165) is 28.8 Å². The molecule has 4 aromatic rings. The number of hydrogen-bond acceptors (Lipinski definition) is 3. The summed E-state index contributed by atoms with van der Waals surface area (Å²) in [6.45, 7) is 5.16. The van der Waals surface area contributed by atoms with E-state index >= 15 is 0 Å². The van der Waals surface area contributed by atoms with Crippen molar-refractivity contribution in [3.63, 3.8) is 0 Å². The first-order valence-corrected chi connectivity index (χ1v) is 15.2. The minimum atomic E-state index is -2.30. The van der Waals surface area contributed by atoms with Crippen molar-refractivity contribution in [1.82, 2.24) is 0 Å². The van der Waals surface area contributed by atoms with Gasteiger partial charge in [0.15, 0.2) is 0 Å². The Kier molecular flexibility index (Phi) is 8.18. The monoisotopic (exact) mass is 619 g/mol. The van der Waals surface area contributed by atoms with Crippen LogP contribution in [0, 0.1) is 40.4 Å². The topological polar surface area (TPSA) is 29.5 Å². The summed E-state index contributed by atoms with van der Waals surface area (Å²) >= 11 is 0. The van der Waals surface area contributed by atoms with Crippen molar-refractivity contribution in [3.05, 3.63) is 130 Å². The molecule has 0 aliphatic heterocycles. The average molecular weight is 620 g/mol. The maximum absolute atomic E-state index is 14.5. The van der Waals surface area contributed by atoms with Gasteiger partial charge in [-0.05, 0) is 78.3 Å². The zero-order valence-electron chi connectivity index (χ0n) is 25.2. The Bertz CT molecular complexity index is 1660. The molecule has 0 saturated heterocycles. The third-order valence-electron chi connectivity index (χ3n) is 9.97. The Morgan fingerprint density at radius 2 is 1.33 bits per heavy atom. The zero-order chi connectivity index (χ0) is 31.9. The van der Waals surface area contributed by atoms with Crippen LogP contribution in [0.4, 0.5) is 27.6 Å². The Balaban J connectivity index is 1.35. The van der Waals surface area contributed by atoms with Gasteiger partial charge < -0.3 is 9.64 Å². The van der Waals surface area contributed by atoms with Crippen molar-refractivity contribution in [2.45, 2.75) is 64.5 Å². The standard InChI is InChI=1S/C37H34F5NO2/c1-36-18-9-19-37(2,35(44)45-34-32(41)30(39)29(38)31(40)33(34)42)28(36)17-15-25-14-16-26(20-27(25)36)43(21-23-10-5-3-6-11-23)22-24-12-7-4-8-13-24/h3-8,10-14,16,20,28H,9,15,17-19,21-22H2,1-2H3/t28?,36?,37-/m0/s1. The van der Waals surface area contributed by atoms with Gasteiger partial charge in [-0.3, -0.25) is 4.79 Å². The summed E-state index contributed by atoms with van der Waals surface area (Å²) in [4.78, 5) is 16.0. The van der Waals surface area contributed by atoms with Gasteiger partial charge in [-0.2, -0.15) is 8.78 Å². The second-order valence-corrected chi connectivity index (χ2v) is 12.7. The van der Waals surface area contributed by atoms with Crippen LogP contribution in [0.2, 0.25) is 0 Å². The number of carbonyl (C=O) groups is 1. The van der Waals surface area contributed by atoms with Crippen LogP contribution in [0.5, 0.6) is 5.75 Å². The quantitative estimate of drug-likeness (QED) is 0.0679. The number of ether oxygens (including phenoxy) is 1. The maximum atomic E-state index is 14.5. The first-order chi connectivity index (χ1) is 21.5. The highest BCUT2D eigenvalue weighted by Gasteiger charge is 2.56. The van der Waals surface area contributed by atoms with Gasteiger partial charge in [-0.1, -0.05) is 80.1 Å². The minimum Gasteiger partial charge on any atom is -0.420 e. The third-order valence-corrected chi connectivity index (χ3v) is 9.97. The number of rotatable bonds is 7. The summed E-state index contributed by atoms with van der Waals surface area (Å²) in [6, 6.07) is 26.9. The Labute approximate surface area is 259 Å². The summed E-state index contributed by atoms with van der Waals surface area (Å²) in [7, 11) is 0. The van der Waals surface area contributed by atoms with Crippen LogP contribution in [-0.4, -0.2) is 5.97 Å². The molecule has 4 aromatic carbocycles. The van der Waals surface area contributed by atoms with E-state index in [9.17, 15) is 26.7 Å². The number of benzene rings is 4. The van der Waals surface area contributed by atoms with E-state index < -0.39 is 51.6 Å². The number of hydrogen-bond donors (Lipinski definition) is 0. The Morgan fingerprint density at radius 1 is 0.778 bits per heavy atom. The molecular formula is C37H34F5NO2. The number of nitrogens with zero attached hydrogens (tertiary/aromatic N) is 1. The molecule has 1 fully saturated rings. The Morgan fingerprint density at radius 3 is 1.91 bits per heavy atom. The van der Waals surface area contributed by atoms with Crippen LogP contribution in [-0.2, 0) is 29.7 Å². The van der Waals surface area contributed by atoms with E-state index in [2.05, 4.69) is 54.3 Å². The molecule has 234 valence electrons. The zero-order valence-corrected chi connectivity index (χ0v) is 25.2. The molecule has 0 N–H and O–H groups in total. The number of carbonyl (C=O) groups excluding carboxylic acids is 1. The number of aryl methyl sites for hydroxylation is 1. The van der Waals surface area contributed by atoms with Gasteiger partial charge in [0, 0.05) is 18.8 Å². The molecule has 3 nitrogen and oxygen atoms in total. The van der Waals surface area contributed by atoms with Gasteiger partial charge in [0.2, 0.25) is 34.8 Å². The lowest BCUT2D eigenvalue weighted by Gasteiger charge is -2.54. The number of halogens is 5. The average Bonchev–Trinajstić information content (AvgIpc) is 3.05. The molecule has 0 bridgehead atoms. The molecule has 8 heteroatoms.